The smallest absolute Gasteiger partial charge is 0.303 e. The fraction of sp³-hybridized carbons (Fsp3) is 0.417. The number of carboxylic acids is 1. The molecule has 1 rings (SSSR count). The first kappa shape index (κ1) is 12.5. The first-order valence-electron chi connectivity index (χ1n) is 5.04. The van der Waals surface area contributed by atoms with Crippen molar-refractivity contribution in [2.45, 2.75) is 19.4 Å². The number of aliphatic carboxylic acids is 1. The Morgan fingerprint density at radius 2 is 2.12 bits per heavy atom. The minimum Gasteiger partial charge on any atom is -0.496 e. The molecule has 0 aliphatic carbocycles. The third kappa shape index (κ3) is 3.55. The fourth-order valence-electron chi connectivity index (χ4n) is 1.53. The van der Waals surface area contributed by atoms with Gasteiger partial charge in [0.25, 0.3) is 0 Å². The number of hydrogen-bond donors (Lipinski definition) is 1. The van der Waals surface area contributed by atoms with Crippen molar-refractivity contribution < 1.29 is 19.4 Å². The molecule has 4 heteroatoms. The summed E-state index contributed by atoms with van der Waals surface area (Å²) in [6.45, 7) is 0.518. The Labute approximate surface area is 94.8 Å². The van der Waals surface area contributed by atoms with Crippen LogP contribution in [0.1, 0.15) is 17.5 Å². The summed E-state index contributed by atoms with van der Waals surface area (Å²) in [5.74, 6) is -0.0831. The van der Waals surface area contributed by atoms with Gasteiger partial charge in [-0.1, -0.05) is 6.07 Å². The molecule has 0 aliphatic heterocycles. The topological polar surface area (TPSA) is 55.8 Å². The molecule has 16 heavy (non-hydrogen) atoms. The van der Waals surface area contributed by atoms with Gasteiger partial charge in [-0.3, -0.25) is 4.79 Å². The highest BCUT2D eigenvalue weighted by atomic mass is 16.5. The number of carboxylic acid groups (broad SMARTS) is 1. The minimum atomic E-state index is -0.806. The average Bonchev–Trinajstić information content (AvgIpc) is 2.27. The van der Waals surface area contributed by atoms with Gasteiger partial charge in [0.1, 0.15) is 5.75 Å². The average molecular weight is 224 g/mol. The molecule has 0 heterocycles. The lowest BCUT2D eigenvalue weighted by atomic mass is 10.1. The van der Waals surface area contributed by atoms with Crippen molar-refractivity contribution in [3.8, 4) is 5.75 Å². The van der Waals surface area contributed by atoms with Gasteiger partial charge < -0.3 is 14.6 Å². The number of carbonyl (C=O) groups is 1. The second-order valence-electron chi connectivity index (χ2n) is 3.47. The molecule has 0 bridgehead atoms. The third-order valence-electron chi connectivity index (χ3n) is 2.26. The molecule has 0 atom stereocenters. The van der Waals surface area contributed by atoms with E-state index in [0.29, 0.717) is 13.0 Å². The van der Waals surface area contributed by atoms with E-state index in [1.807, 2.05) is 18.2 Å². The minimum absolute atomic E-state index is 0.104. The molecular formula is C12H16O4. The highest BCUT2D eigenvalue weighted by molar-refractivity contribution is 5.67. The zero-order valence-corrected chi connectivity index (χ0v) is 9.53. The summed E-state index contributed by atoms with van der Waals surface area (Å²) in [6.07, 6.45) is 0.572. The highest BCUT2D eigenvalue weighted by Crippen LogP contribution is 2.21. The van der Waals surface area contributed by atoms with E-state index in [0.717, 1.165) is 16.9 Å². The number of methoxy groups -OCH3 is 2. The van der Waals surface area contributed by atoms with Gasteiger partial charge in [-0.05, 0) is 29.7 Å². The number of aryl methyl sites for hydroxylation is 1. The Bertz CT molecular complexity index is 360. The van der Waals surface area contributed by atoms with Crippen molar-refractivity contribution in [3.63, 3.8) is 0 Å². The summed E-state index contributed by atoms with van der Waals surface area (Å²) in [5.41, 5.74) is 1.92. The molecule has 0 spiro atoms. The second kappa shape index (κ2) is 6.12. The number of ether oxygens (including phenoxy) is 2. The Morgan fingerprint density at radius 3 is 2.69 bits per heavy atom. The molecule has 0 fully saturated rings. The third-order valence-corrected chi connectivity index (χ3v) is 2.26. The highest BCUT2D eigenvalue weighted by Gasteiger charge is 2.06. The van der Waals surface area contributed by atoms with E-state index >= 15 is 0 Å². The molecule has 0 saturated heterocycles. The molecule has 88 valence electrons. The van der Waals surface area contributed by atoms with Crippen LogP contribution in [0.3, 0.4) is 0 Å². The first-order chi connectivity index (χ1) is 7.67. The normalized spacial score (nSPS) is 10.1. The molecular weight excluding hydrogens is 208 g/mol. The van der Waals surface area contributed by atoms with Crippen LogP contribution in [-0.4, -0.2) is 25.3 Å². The van der Waals surface area contributed by atoms with Crippen LogP contribution in [0.5, 0.6) is 5.75 Å². The van der Waals surface area contributed by atoms with Gasteiger partial charge in [0.05, 0.1) is 13.7 Å². The summed E-state index contributed by atoms with van der Waals surface area (Å²) < 4.78 is 10.2. The van der Waals surface area contributed by atoms with E-state index in [4.69, 9.17) is 14.6 Å². The van der Waals surface area contributed by atoms with Gasteiger partial charge in [-0.25, -0.2) is 0 Å². The fourth-order valence-corrected chi connectivity index (χ4v) is 1.53. The molecule has 0 amide bonds. The summed E-state index contributed by atoms with van der Waals surface area (Å²) in [4.78, 5) is 10.5. The monoisotopic (exact) mass is 224 g/mol. The number of rotatable bonds is 6. The van der Waals surface area contributed by atoms with Crippen molar-refractivity contribution in [2.75, 3.05) is 14.2 Å². The van der Waals surface area contributed by atoms with Crippen LogP contribution in [0.4, 0.5) is 0 Å². The largest absolute Gasteiger partial charge is 0.496 e. The lowest BCUT2D eigenvalue weighted by molar-refractivity contribution is -0.136. The first-order valence-corrected chi connectivity index (χ1v) is 5.04. The van der Waals surface area contributed by atoms with E-state index in [1.54, 1.807) is 14.2 Å². The lowest BCUT2D eigenvalue weighted by Gasteiger charge is -2.09. The van der Waals surface area contributed by atoms with Gasteiger partial charge in [0.2, 0.25) is 0 Å². The standard InChI is InChI=1S/C12H16O4/c1-15-8-9-3-5-11(16-2)10(7-9)4-6-12(13)14/h3,5,7H,4,6,8H2,1-2H3,(H,13,14). The predicted molar refractivity (Wildman–Crippen MR) is 59.7 cm³/mol. The maximum absolute atomic E-state index is 10.5. The van der Waals surface area contributed by atoms with Crippen molar-refractivity contribution in [1.29, 1.82) is 0 Å². The summed E-state index contributed by atoms with van der Waals surface area (Å²) >= 11 is 0. The number of hydrogen-bond acceptors (Lipinski definition) is 3. The summed E-state index contributed by atoms with van der Waals surface area (Å²) in [6, 6.07) is 5.67. The Kier molecular flexibility index (Phi) is 4.79. The Balaban J connectivity index is 2.83. The van der Waals surface area contributed by atoms with E-state index in [-0.39, 0.29) is 6.42 Å². The van der Waals surface area contributed by atoms with Crippen LogP contribution in [0, 0.1) is 0 Å². The predicted octanol–water partition coefficient (Wildman–Crippen LogP) is 1.86. The maximum atomic E-state index is 10.5. The molecule has 1 aromatic rings. The molecule has 4 nitrogen and oxygen atoms in total. The van der Waals surface area contributed by atoms with E-state index < -0.39 is 5.97 Å². The summed E-state index contributed by atoms with van der Waals surface area (Å²) in [5, 5.41) is 8.65. The molecule has 0 aromatic heterocycles. The zero-order chi connectivity index (χ0) is 12.0. The van der Waals surface area contributed by atoms with Gasteiger partial charge in [0.15, 0.2) is 0 Å². The van der Waals surface area contributed by atoms with Crippen LogP contribution < -0.4 is 4.74 Å². The van der Waals surface area contributed by atoms with Crippen molar-refractivity contribution in [1.82, 2.24) is 0 Å². The van der Waals surface area contributed by atoms with E-state index in [9.17, 15) is 4.79 Å². The van der Waals surface area contributed by atoms with Crippen LogP contribution in [0.15, 0.2) is 18.2 Å². The Hall–Kier alpha value is -1.55. The molecule has 0 unspecified atom stereocenters. The zero-order valence-electron chi connectivity index (χ0n) is 9.53. The molecule has 0 saturated carbocycles. The quantitative estimate of drug-likeness (QED) is 0.801. The van der Waals surface area contributed by atoms with Crippen molar-refractivity contribution in [2.24, 2.45) is 0 Å². The van der Waals surface area contributed by atoms with Crippen LogP contribution >= 0.6 is 0 Å². The van der Waals surface area contributed by atoms with Gasteiger partial charge in [0, 0.05) is 13.5 Å². The number of benzene rings is 1. The van der Waals surface area contributed by atoms with Crippen LogP contribution in [0.2, 0.25) is 0 Å². The van der Waals surface area contributed by atoms with Crippen LogP contribution in [0.25, 0.3) is 0 Å². The van der Waals surface area contributed by atoms with Gasteiger partial charge >= 0.3 is 5.97 Å². The van der Waals surface area contributed by atoms with Gasteiger partial charge in [-0.2, -0.15) is 0 Å². The molecule has 0 aliphatic rings. The molecule has 1 N–H and O–H groups in total. The van der Waals surface area contributed by atoms with E-state index in [2.05, 4.69) is 0 Å². The molecule has 0 radical (unpaired) electrons. The maximum Gasteiger partial charge on any atom is 0.303 e. The van der Waals surface area contributed by atoms with Gasteiger partial charge in [-0.15, -0.1) is 0 Å². The Morgan fingerprint density at radius 1 is 1.38 bits per heavy atom. The van der Waals surface area contributed by atoms with Crippen molar-refractivity contribution >= 4 is 5.97 Å². The van der Waals surface area contributed by atoms with Crippen molar-refractivity contribution in [3.05, 3.63) is 29.3 Å². The molecule has 1 aromatic carbocycles. The van der Waals surface area contributed by atoms with Crippen LogP contribution in [-0.2, 0) is 22.6 Å². The second-order valence-corrected chi connectivity index (χ2v) is 3.47. The summed E-state index contributed by atoms with van der Waals surface area (Å²) in [7, 11) is 3.21. The SMILES string of the molecule is COCc1ccc(OC)c(CCC(=O)O)c1. The van der Waals surface area contributed by atoms with E-state index in [1.165, 1.54) is 0 Å². The lowest BCUT2D eigenvalue weighted by Crippen LogP contribution is -2.00.